The highest BCUT2D eigenvalue weighted by Crippen LogP contribution is 2.35. The monoisotopic (exact) mass is 453 g/mol. The zero-order chi connectivity index (χ0) is 23.7. The fourth-order valence-electron chi connectivity index (χ4n) is 4.88. The second-order valence-corrected chi connectivity index (χ2v) is 9.36. The Kier molecular flexibility index (Phi) is 6.93. The summed E-state index contributed by atoms with van der Waals surface area (Å²) in [4.78, 5) is 16.8. The third-order valence-corrected chi connectivity index (χ3v) is 6.97. The van der Waals surface area contributed by atoms with Crippen molar-refractivity contribution in [2.75, 3.05) is 39.3 Å². The Morgan fingerprint density at radius 2 is 1.64 bits per heavy atom. The fourth-order valence-corrected chi connectivity index (χ4v) is 4.88. The maximum atomic E-state index is 12.4. The number of hydrogen-bond acceptors (Lipinski definition) is 6. The Morgan fingerprint density at radius 3 is 2.24 bits per heavy atom. The number of fused-ring (bicyclic) bond motifs is 1. The van der Waals surface area contributed by atoms with Gasteiger partial charge in [-0.05, 0) is 67.6 Å². The van der Waals surface area contributed by atoms with E-state index in [0.29, 0.717) is 32.0 Å². The van der Waals surface area contributed by atoms with Crippen LogP contribution >= 0.6 is 0 Å². The second kappa shape index (κ2) is 9.71. The van der Waals surface area contributed by atoms with Crippen molar-refractivity contribution in [2.24, 2.45) is 5.73 Å². The summed E-state index contributed by atoms with van der Waals surface area (Å²) in [6.45, 7) is 11.9. The van der Waals surface area contributed by atoms with E-state index in [0.717, 1.165) is 46.7 Å². The third-order valence-electron chi connectivity index (χ3n) is 6.97. The van der Waals surface area contributed by atoms with Gasteiger partial charge in [-0.15, -0.1) is 0 Å². The zero-order valence-corrected chi connectivity index (χ0v) is 20.0. The maximum Gasteiger partial charge on any atom is 0.239 e. The highest BCUT2D eigenvalue weighted by molar-refractivity contribution is 5.82. The van der Waals surface area contributed by atoms with Crippen molar-refractivity contribution >= 4 is 5.91 Å². The molecule has 2 aliphatic heterocycles. The molecule has 2 aliphatic rings. The van der Waals surface area contributed by atoms with Gasteiger partial charge in [-0.3, -0.25) is 14.6 Å². The Labute approximate surface area is 196 Å². The number of β-amino-alcohol motifs (C(OH)–C–C–N with tert-alkyl or cyclic N) is 1. The number of carbonyl (C=O) groups excluding carboxylic acids is 1. The number of ether oxygens (including phenoxy) is 2. The minimum atomic E-state index is -0.670. The summed E-state index contributed by atoms with van der Waals surface area (Å²) in [5.74, 6) is 1.10. The first-order chi connectivity index (χ1) is 15.7. The van der Waals surface area contributed by atoms with E-state index in [1.807, 2.05) is 58.0 Å². The predicted molar refractivity (Wildman–Crippen MR) is 128 cm³/mol. The van der Waals surface area contributed by atoms with E-state index in [4.69, 9.17) is 15.2 Å². The first kappa shape index (κ1) is 23.5. The van der Waals surface area contributed by atoms with Crippen LogP contribution in [0.5, 0.6) is 11.5 Å². The molecule has 1 saturated heterocycles. The topological polar surface area (TPSA) is 88.3 Å². The van der Waals surface area contributed by atoms with Crippen LogP contribution in [0, 0.1) is 27.7 Å². The van der Waals surface area contributed by atoms with Crippen LogP contribution < -0.4 is 15.2 Å². The molecule has 4 rings (SSSR count). The van der Waals surface area contributed by atoms with Crippen molar-refractivity contribution in [1.29, 1.82) is 0 Å². The third kappa shape index (κ3) is 5.00. The molecule has 0 bridgehead atoms. The maximum absolute atomic E-state index is 12.4. The number of rotatable bonds is 6. The quantitative estimate of drug-likeness (QED) is 0.698. The minimum absolute atomic E-state index is 0.321. The molecule has 2 heterocycles. The number of nitrogens with two attached hydrogens (primary N) is 1. The molecule has 7 heteroatoms. The van der Waals surface area contributed by atoms with Gasteiger partial charge in [0.05, 0.1) is 0 Å². The van der Waals surface area contributed by atoms with Gasteiger partial charge in [-0.2, -0.15) is 0 Å². The number of primary amides is 1. The number of amides is 1. The summed E-state index contributed by atoms with van der Waals surface area (Å²) in [5, 5.41) is 10.9. The first-order valence-electron chi connectivity index (χ1n) is 11.6. The fraction of sp³-hybridized carbons (Fsp3) is 0.500. The van der Waals surface area contributed by atoms with E-state index in [-0.39, 0.29) is 5.91 Å². The van der Waals surface area contributed by atoms with Gasteiger partial charge in [0.1, 0.15) is 18.8 Å². The molecule has 0 aromatic heterocycles. The van der Waals surface area contributed by atoms with Crippen molar-refractivity contribution in [3.8, 4) is 11.5 Å². The SMILES string of the molecule is Cc1cc2c(cc1C)OC(C(O)CN1CCN(C(C(N)=O)c3c(C)cccc3C)CC1)CO2. The lowest BCUT2D eigenvalue weighted by atomic mass is 9.94. The number of nitrogens with zero attached hydrogens (tertiary/aromatic N) is 2. The molecule has 1 fully saturated rings. The molecule has 1 amide bonds. The standard InChI is InChI=1S/C26H35N3O4/c1-16-6-5-7-17(2)24(16)25(26(27)31)29-10-8-28(9-11-29)14-20(30)23-15-32-21-12-18(3)19(4)13-22(21)33-23/h5-7,12-13,20,23,25,30H,8-11,14-15H2,1-4H3,(H2,27,31). The molecule has 0 radical (unpaired) electrons. The van der Waals surface area contributed by atoms with Crippen molar-refractivity contribution in [2.45, 2.75) is 45.9 Å². The van der Waals surface area contributed by atoms with Crippen molar-refractivity contribution in [1.82, 2.24) is 9.80 Å². The lowest BCUT2D eigenvalue weighted by Crippen LogP contribution is -2.54. The van der Waals surface area contributed by atoms with Crippen LogP contribution in [0.3, 0.4) is 0 Å². The zero-order valence-electron chi connectivity index (χ0n) is 20.0. The molecule has 0 saturated carbocycles. The van der Waals surface area contributed by atoms with E-state index in [2.05, 4.69) is 9.80 Å². The van der Waals surface area contributed by atoms with Crippen LogP contribution in [0.4, 0.5) is 0 Å². The molecule has 178 valence electrons. The number of aliphatic hydroxyl groups excluding tert-OH is 1. The van der Waals surface area contributed by atoms with E-state index in [1.165, 1.54) is 0 Å². The number of aryl methyl sites for hydroxylation is 4. The van der Waals surface area contributed by atoms with Gasteiger partial charge in [0.15, 0.2) is 17.6 Å². The Morgan fingerprint density at radius 1 is 1.03 bits per heavy atom. The summed E-state index contributed by atoms with van der Waals surface area (Å²) in [5.41, 5.74) is 11.3. The first-order valence-corrected chi connectivity index (χ1v) is 11.6. The van der Waals surface area contributed by atoms with Crippen molar-refractivity contribution < 1.29 is 19.4 Å². The molecule has 3 unspecified atom stereocenters. The lowest BCUT2D eigenvalue weighted by molar-refractivity contribution is -0.124. The van der Waals surface area contributed by atoms with Crippen molar-refractivity contribution in [3.05, 3.63) is 58.1 Å². The second-order valence-electron chi connectivity index (χ2n) is 9.36. The van der Waals surface area contributed by atoms with Gasteiger partial charge < -0.3 is 20.3 Å². The van der Waals surface area contributed by atoms with Gasteiger partial charge in [0.25, 0.3) is 0 Å². The molecule has 0 aliphatic carbocycles. The molecular formula is C26H35N3O4. The van der Waals surface area contributed by atoms with Gasteiger partial charge in [0.2, 0.25) is 5.91 Å². The van der Waals surface area contributed by atoms with Gasteiger partial charge in [-0.25, -0.2) is 0 Å². The van der Waals surface area contributed by atoms with Crippen LogP contribution in [0.2, 0.25) is 0 Å². The molecule has 33 heavy (non-hydrogen) atoms. The number of hydrogen-bond donors (Lipinski definition) is 2. The van der Waals surface area contributed by atoms with Gasteiger partial charge in [0, 0.05) is 32.7 Å². The average Bonchev–Trinajstić information content (AvgIpc) is 2.77. The largest absolute Gasteiger partial charge is 0.486 e. The Balaban J connectivity index is 1.36. The average molecular weight is 454 g/mol. The van der Waals surface area contributed by atoms with Crippen molar-refractivity contribution in [3.63, 3.8) is 0 Å². The van der Waals surface area contributed by atoms with Gasteiger partial charge >= 0.3 is 0 Å². The van der Waals surface area contributed by atoms with Crippen LogP contribution in [0.1, 0.15) is 33.9 Å². The van der Waals surface area contributed by atoms with E-state index in [9.17, 15) is 9.90 Å². The minimum Gasteiger partial charge on any atom is -0.486 e. The highest BCUT2D eigenvalue weighted by Gasteiger charge is 2.33. The smallest absolute Gasteiger partial charge is 0.239 e. The summed E-state index contributed by atoms with van der Waals surface area (Å²) < 4.78 is 11.9. The Hall–Kier alpha value is -2.61. The summed E-state index contributed by atoms with van der Waals surface area (Å²) in [6, 6.07) is 9.58. The van der Waals surface area contributed by atoms with E-state index < -0.39 is 18.2 Å². The molecular weight excluding hydrogens is 418 g/mol. The summed E-state index contributed by atoms with van der Waals surface area (Å²) in [7, 11) is 0. The molecule has 2 aromatic carbocycles. The lowest BCUT2D eigenvalue weighted by Gasteiger charge is -2.40. The molecule has 2 aromatic rings. The van der Waals surface area contributed by atoms with E-state index in [1.54, 1.807) is 0 Å². The normalized spacial score (nSPS) is 20.9. The van der Waals surface area contributed by atoms with Crippen LogP contribution in [-0.4, -0.2) is 72.4 Å². The molecule has 0 spiro atoms. The van der Waals surface area contributed by atoms with Crippen LogP contribution in [0.25, 0.3) is 0 Å². The summed E-state index contributed by atoms with van der Waals surface area (Å²) >= 11 is 0. The number of carbonyl (C=O) groups is 1. The number of aliphatic hydroxyl groups is 1. The number of benzene rings is 2. The molecule has 3 N–H and O–H groups in total. The van der Waals surface area contributed by atoms with Crippen LogP contribution in [0.15, 0.2) is 30.3 Å². The number of piperazine rings is 1. The Bertz CT molecular complexity index is 997. The van der Waals surface area contributed by atoms with E-state index >= 15 is 0 Å². The summed E-state index contributed by atoms with van der Waals surface area (Å²) in [6.07, 6.45) is -1.08. The van der Waals surface area contributed by atoms with Crippen LogP contribution in [-0.2, 0) is 4.79 Å². The highest BCUT2D eigenvalue weighted by atomic mass is 16.6. The molecule has 7 nitrogen and oxygen atoms in total. The van der Waals surface area contributed by atoms with Gasteiger partial charge in [-0.1, -0.05) is 18.2 Å². The predicted octanol–water partition coefficient (Wildman–Crippen LogP) is 2.27. The molecule has 3 atom stereocenters.